The number of rotatable bonds is 6. The molecule has 19 heavy (non-hydrogen) atoms. The molecule has 1 aliphatic heterocycles. The molecule has 1 fully saturated rings. The number of unbranched alkanes of at least 4 members (excludes halogenated alkanes) is 2. The molecule has 0 aromatic carbocycles. The van der Waals surface area contributed by atoms with Gasteiger partial charge >= 0.3 is 0 Å². The van der Waals surface area contributed by atoms with Gasteiger partial charge in [0.2, 0.25) is 0 Å². The van der Waals surface area contributed by atoms with Crippen LogP contribution in [0.5, 0.6) is 0 Å². The van der Waals surface area contributed by atoms with Crippen LogP contribution in [0.1, 0.15) is 33.1 Å². The van der Waals surface area contributed by atoms with E-state index in [1.54, 1.807) is 6.08 Å². The van der Waals surface area contributed by atoms with Crippen molar-refractivity contribution in [3.63, 3.8) is 0 Å². The van der Waals surface area contributed by atoms with E-state index in [2.05, 4.69) is 0 Å². The predicted octanol–water partition coefficient (Wildman–Crippen LogP) is 1.07. The average Bonchev–Trinajstić information content (AvgIpc) is 2.39. The van der Waals surface area contributed by atoms with Gasteiger partial charge in [-0.15, -0.1) is 0 Å². The summed E-state index contributed by atoms with van der Waals surface area (Å²) in [6.07, 6.45) is 3.69. The van der Waals surface area contributed by atoms with Gasteiger partial charge in [-0.25, -0.2) is 0 Å². The molecule has 1 aliphatic rings. The van der Waals surface area contributed by atoms with Crippen LogP contribution in [-0.2, 0) is 9.59 Å². The molecule has 0 saturated carbocycles. The number of nitrogens with zero attached hydrogens (tertiary/aromatic N) is 2. The third-order valence-corrected chi connectivity index (χ3v) is 3.45. The molecule has 106 valence electrons. The molecule has 1 N–H and O–H groups in total. The number of carbonyl (C=O) groups is 2. The van der Waals surface area contributed by atoms with Crippen molar-refractivity contribution in [1.29, 1.82) is 0 Å². The lowest BCUT2D eigenvalue weighted by molar-refractivity contribution is -0.133. The standard InChI is InChI=1S/C13H20N2O3S/c1-3-14-11(17)10(8-6-5-7-9-16)12(18)15(4-2)13(14)19/h8,16H,3-7,9H2,1-2H3. The quantitative estimate of drug-likeness (QED) is 0.343. The minimum absolute atomic E-state index is 0.122. The second-order valence-corrected chi connectivity index (χ2v) is 4.58. The lowest BCUT2D eigenvalue weighted by Gasteiger charge is -2.35. The Hall–Kier alpha value is -1.27. The van der Waals surface area contributed by atoms with E-state index in [1.165, 1.54) is 9.80 Å². The molecular formula is C13H20N2O3S. The first-order valence-electron chi connectivity index (χ1n) is 6.57. The highest BCUT2D eigenvalue weighted by molar-refractivity contribution is 7.80. The molecule has 0 aliphatic carbocycles. The van der Waals surface area contributed by atoms with Crippen molar-refractivity contribution < 1.29 is 14.7 Å². The van der Waals surface area contributed by atoms with Gasteiger partial charge in [-0.1, -0.05) is 6.08 Å². The minimum atomic E-state index is -0.314. The molecule has 0 radical (unpaired) electrons. The van der Waals surface area contributed by atoms with Crippen LogP contribution >= 0.6 is 12.2 Å². The van der Waals surface area contributed by atoms with Crippen molar-refractivity contribution in [3.05, 3.63) is 11.6 Å². The maximum absolute atomic E-state index is 12.2. The van der Waals surface area contributed by atoms with E-state index in [9.17, 15) is 9.59 Å². The first-order chi connectivity index (χ1) is 9.08. The van der Waals surface area contributed by atoms with Gasteiger partial charge in [0, 0.05) is 19.7 Å². The number of aliphatic hydroxyl groups excluding tert-OH is 1. The van der Waals surface area contributed by atoms with Crippen molar-refractivity contribution in [2.45, 2.75) is 33.1 Å². The molecule has 1 rings (SSSR count). The number of allylic oxidation sites excluding steroid dienone is 1. The van der Waals surface area contributed by atoms with Gasteiger partial charge in [0.15, 0.2) is 5.11 Å². The van der Waals surface area contributed by atoms with Gasteiger partial charge in [0.1, 0.15) is 5.57 Å². The Morgan fingerprint density at radius 1 is 1.11 bits per heavy atom. The predicted molar refractivity (Wildman–Crippen MR) is 76.4 cm³/mol. The Bertz CT molecular complexity index is 379. The lowest BCUT2D eigenvalue weighted by Crippen LogP contribution is -2.55. The van der Waals surface area contributed by atoms with Crippen LogP contribution in [0, 0.1) is 0 Å². The highest BCUT2D eigenvalue weighted by atomic mass is 32.1. The zero-order chi connectivity index (χ0) is 14.4. The Balaban J connectivity index is 2.91. The van der Waals surface area contributed by atoms with Crippen molar-refractivity contribution in [2.75, 3.05) is 19.7 Å². The van der Waals surface area contributed by atoms with E-state index >= 15 is 0 Å². The highest BCUT2D eigenvalue weighted by Gasteiger charge is 2.37. The summed E-state index contributed by atoms with van der Waals surface area (Å²) in [5.41, 5.74) is 0.190. The maximum Gasteiger partial charge on any atom is 0.265 e. The number of amides is 2. The largest absolute Gasteiger partial charge is 0.396 e. The topological polar surface area (TPSA) is 60.9 Å². The van der Waals surface area contributed by atoms with Crippen molar-refractivity contribution in [2.24, 2.45) is 0 Å². The van der Waals surface area contributed by atoms with Gasteiger partial charge in [-0.3, -0.25) is 19.4 Å². The minimum Gasteiger partial charge on any atom is -0.396 e. The highest BCUT2D eigenvalue weighted by Crippen LogP contribution is 2.18. The number of aliphatic hydroxyl groups is 1. The number of carbonyl (C=O) groups excluding carboxylic acids is 2. The SMILES string of the molecule is CCN1C(=O)C(=CCCCCO)C(=O)N(CC)C1=S. The Labute approximate surface area is 118 Å². The first-order valence-corrected chi connectivity index (χ1v) is 6.97. The lowest BCUT2D eigenvalue weighted by atomic mass is 10.1. The van der Waals surface area contributed by atoms with E-state index in [4.69, 9.17) is 17.3 Å². The fraction of sp³-hybridized carbons (Fsp3) is 0.615. The van der Waals surface area contributed by atoms with Crippen LogP contribution in [0.25, 0.3) is 0 Å². The monoisotopic (exact) mass is 284 g/mol. The first kappa shape index (κ1) is 15.8. The fourth-order valence-electron chi connectivity index (χ4n) is 1.94. The second kappa shape index (κ2) is 7.35. The summed E-state index contributed by atoms with van der Waals surface area (Å²) in [6, 6.07) is 0. The molecule has 1 heterocycles. The molecule has 5 nitrogen and oxygen atoms in total. The molecule has 1 saturated heterocycles. The van der Waals surface area contributed by atoms with Gasteiger partial charge in [-0.05, 0) is 45.3 Å². The van der Waals surface area contributed by atoms with Gasteiger partial charge in [0.25, 0.3) is 11.8 Å². The summed E-state index contributed by atoms with van der Waals surface area (Å²) < 4.78 is 0. The van der Waals surface area contributed by atoms with E-state index < -0.39 is 0 Å². The number of thiocarbonyl (C=S) groups is 1. The number of hydrogen-bond donors (Lipinski definition) is 1. The fourth-order valence-corrected chi connectivity index (χ4v) is 2.36. The summed E-state index contributed by atoms with van der Waals surface area (Å²) >= 11 is 5.16. The Morgan fingerprint density at radius 2 is 1.63 bits per heavy atom. The normalized spacial score (nSPS) is 16.4. The van der Waals surface area contributed by atoms with Gasteiger partial charge in [-0.2, -0.15) is 0 Å². The molecule has 6 heteroatoms. The van der Waals surface area contributed by atoms with E-state index in [0.717, 1.165) is 6.42 Å². The van der Waals surface area contributed by atoms with Crippen LogP contribution in [-0.4, -0.2) is 51.5 Å². The Morgan fingerprint density at radius 3 is 2.05 bits per heavy atom. The summed E-state index contributed by atoms with van der Waals surface area (Å²) in [4.78, 5) is 27.2. The molecule has 0 bridgehead atoms. The van der Waals surface area contributed by atoms with E-state index in [0.29, 0.717) is 25.9 Å². The number of hydrogen-bond acceptors (Lipinski definition) is 4. The zero-order valence-electron chi connectivity index (χ0n) is 11.4. The second-order valence-electron chi connectivity index (χ2n) is 4.22. The molecule has 0 atom stereocenters. The summed E-state index contributed by atoms with van der Waals surface area (Å²) in [5.74, 6) is -0.627. The van der Waals surface area contributed by atoms with Crippen molar-refractivity contribution in [1.82, 2.24) is 9.80 Å². The Kier molecular flexibility index (Phi) is 6.11. The summed E-state index contributed by atoms with van der Waals surface area (Å²) in [7, 11) is 0. The van der Waals surface area contributed by atoms with Crippen LogP contribution in [0.2, 0.25) is 0 Å². The van der Waals surface area contributed by atoms with Crippen molar-refractivity contribution >= 4 is 29.1 Å². The molecule has 0 unspecified atom stereocenters. The van der Waals surface area contributed by atoms with Crippen LogP contribution < -0.4 is 0 Å². The summed E-state index contributed by atoms with van der Waals surface area (Å²) in [5, 5.41) is 9.00. The molecule has 0 aromatic rings. The maximum atomic E-state index is 12.2. The van der Waals surface area contributed by atoms with Gasteiger partial charge in [0.05, 0.1) is 0 Å². The van der Waals surface area contributed by atoms with Gasteiger partial charge < -0.3 is 5.11 Å². The molecule has 2 amide bonds. The van der Waals surface area contributed by atoms with Crippen LogP contribution in [0.4, 0.5) is 0 Å². The van der Waals surface area contributed by atoms with Crippen LogP contribution in [0.15, 0.2) is 11.6 Å². The van der Waals surface area contributed by atoms with Crippen molar-refractivity contribution in [3.8, 4) is 0 Å². The molecule has 0 aromatic heterocycles. The number of likely N-dealkylation sites (N-methyl/N-ethyl adjacent to an activating group) is 2. The van der Waals surface area contributed by atoms with Crippen LogP contribution in [0.3, 0.4) is 0 Å². The summed E-state index contributed by atoms with van der Waals surface area (Å²) in [6.45, 7) is 4.69. The smallest absolute Gasteiger partial charge is 0.265 e. The third-order valence-electron chi connectivity index (χ3n) is 3.01. The van der Waals surface area contributed by atoms with E-state index in [1.807, 2.05) is 13.8 Å². The van der Waals surface area contributed by atoms with E-state index in [-0.39, 0.29) is 29.1 Å². The zero-order valence-corrected chi connectivity index (χ0v) is 12.2. The third kappa shape index (κ3) is 3.39. The molecule has 0 spiro atoms. The average molecular weight is 284 g/mol. The molecular weight excluding hydrogens is 264 g/mol.